The number of thiophene rings is 1. The quantitative estimate of drug-likeness (QED) is 0.506. The van der Waals surface area contributed by atoms with Crippen molar-refractivity contribution in [1.29, 1.82) is 0 Å². The summed E-state index contributed by atoms with van der Waals surface area (Å²) in [4.78, 5) is 14.5. The van der Waals surface area contributed by atoms with Gasteiger partial charge in [-0.3, -0.25) is 10.1 Å². The summed E-state index contributed by atoms with van der Waals surface area (Å²) >= 11 is 2.79. The van der Waals surface area contributed by atoms with Crippen LogP contribution in [-0.2, 0) is 0 Å². The van der Waals surface area contributed by atoms with Gasteiger partial charge in [0.15, 0.2) is 0 Å². The van der Waals surface area contributed by atoms with Crippen molar-refractivity contribution in [2.45, 2.75) is 0 Å². The van der Waals surface area contributed by atoms with E-state index in [1.165, 1.54) is 33.5 Å². The summed E-state index contributed by atoms with van der Waals surface area (Å²) in [5, 5.41) is 21.8. The fraction of sp³-hybridized carbons (Fsp3) is 0. The SMILES string of the molecule is O=C(Nc1nn2cnnc2s1)c1cn(-c2ccccc2)nc1-c1cccs1. The number of amides is 1. The second-order valence-electron chi connectivity index (χ2n) is 5.57. The van der Waals surface area contributed by atoms with E-state index in [0.29, 0.717) is 21.3 Å². The van der Waals surface area contributed by atoms with Crippen LogP contribution in [0.3, 0.4) is 0 Å². The lowest BCUT2D eigenvalue weighted by Crippen LogP contribution is -2.12. The van der Waals surface area contributed by atoms with Crippen molar-refractivity contribution in [2.24, 2.45) is 0 Å². The molecule has 5 aromatic rings. The van der Waals surface area contributed by atoms with Gasteiger partial charge in [0.25, 0.3) is 5.91 Å². The largest absolute Gasteiger partial charge is 0.296 e. The maximum atomic E-state index is 12.9. The van der Waals surface area contributed by atoms with Crippen LogP contribution in [0.15, 0.2) is 60.4 Å². The number of nitrogens with zero attached hydrogens (tertiary/aromatic N) is 6. The monoisotopic (exact) mass is 393 g/mol. The maximum Gasteiger partial charge on any atom is 0.261 e. The Kier molecular flexibility index (Phi) is 3.77. The maximum absolute atomic E-state index is 12.9. The third kappa shape index (κ3) is 2.90. The molecular weight excluding hydrogens is 382 g/mol. The first-order valence-corrected chi connectivity index (χ1v) is 9.65. The van der Waals surface area contributed by atoms with Gasteiger partial charge < -0.3 is 0 Å². The normalized spacial score (nSPS) is 11.1. The Labute approximate surface area is 160 Å². The van der Waals surface area contributed by atoms with Crippen molar-refractivity contribution in [3.8, 4) is 16.3 Å². The third-order valence-electron chi connectivity index (χ3n) is 3.84. The average molecular weight is 393 g/mol. The van der Waals surface area contributed by atoms with E-state index in [-0.39, 0.29) is 5.91 Å². The molecule has 0 atom stereocenters. The highest BCUT2D eigenvalue weighted by Gasteiger charge is 2.20. The number of benzene rings is 1. The van der Waals surface area contributed by atoms with Crippen LogP contribution in [0.2, 0.25) is 0 Å². The second kappa shape index (κ2) is 6.41. The van der Waals surface area contributed by atoms with Crippen molar-refractivity contribution in [3.63, 3.8) is 0 Å². The number of aromatic nitrogens is 6. The predicted octanol–water partition coefficient (Wildman–Crippen LogP) is 3.35. The van der Waals surface area contributed by atoms with Crippen LogP contribution in [0.1, 0.15) is 10.4 Å². The molecule has 0 bridgehead atoms. The Bertz CT molecular complexity index is 1190. The number of rotatable bonds is 4. The summed E-state index contributed by atoms with van der Waals surface area (Å²) in [6, 6.07) is 13.6. The van der Waals surface area contributed by atoms with E-state index >= 15 is 0 Å². The minimum Gasteiger partial charge on any atom is -0.296 e. The minimum atomic E-state index is -0.273. The molecule has 4 heterocycles. The summed E-state index contributed by atoms with van der Waals surface area (Å²) < 4.78 is 3.23. The van der Waals surface area contributed by atoms with Gasteiger partial charge in [0, 0.05) is 6.20 Å². The summed E-state index contributed by atoms with van der Waals surface area (Å²) in [6.45, 7) is 0. The summed E-state index contributed by atoms with van der Waals surface area (Å²) in [5.74, 6) is -0.273. The van der Waals surface area contributed by atoms with Gasteiger partial charge in [0.05, 0.1) is 16.1 Å². The molecule has 0 fully saturated rings. The zero-order chi connectivity index (χ0) is 18.2. The van der Waals surface area contributed by atoms with E-state index in [1.54, 1.807) is 10.9 Å². The van der Waals surface area contributed by atoms with Crippen LogP contribution < -0.4 is 5.32 Å². The highest BCUT2D eigenvalue weighted by atomic mass is 32.1. The lowest BCUT2D eigenvalue weighted by Gasteiger charge is -2.00. The van der Waals surface area contributed by atoms with Crippen LogP contribution in [0.25, 0.3) is 21.2 Å². The first-order chi connectivity index (χ1) is 13.3. The third-order valence-corrected chi connectivity index (χ3v) is 5.55. The number of fused-ring (bicyclic) bond motifs is 1. The Morgan fingerprint density at radius 1 is 1.07 bits per heavy atom. The highest BCUT2D eigenvalue weighted by Crippen LogP contribution is 2.29. The highest BCUT2D eigenvalue weighted by molar-refractivity contribution is 7.20. The molecule has 0 aliphatic heterocycles. The number of carbonyl (C=O) groups excluding carboxylic acids is 1. The number of anilines is 1. The zero-order valence-electron chi connectivity index (χ0n) is 13.7. The molecule has 0 unspecified atom stereocenters. The Hall–Kier alpha value is -3.37. The zero-order valence-corrected chi connectivity index (χ0v) is 15.3. The van der Waals surface area contributed by atoms with E-state index < -0.39 is 0 Å². The molecule has 0 aliphatic rings. The molecule has 1 aromatic carbocycles. The Morgan fingerprint density at radius 3 is 2.74 bits per heavy atom. The van der Waals surface area contributed by atoms with Crippen LogP contribution in [0.4, 0.5) is 5.13 Å². The average Bonchev–Trinajstić information content (AvgIpc) is 3.44. The molecular formula is C17H11N7OS2. The first-order valence-electron chi connectivity index (χ1n) is 7.95. The van der Waals surface area contributed by atoms with Gasteiger partial charge in [-0.2, -0.15) is 9.61 Å². The van der Waals surface area contributed by atoms with E-state index in [9.17, 15) is 4.79 Å². The molecule has 0 radical (unpaired) electrons. The number of carbonyl (C=O) groups is 1. The molecule has 10 heteroatoms. The topological polar surface area (TPSA) is 90.0 Å². The van der Waals surface area contributed by atoms with Crippen molar-refractivity contribution in [1.82, 2.24) is 29.6 Å². The van der Waals surface area contributed by atoms with Crippen LogP contribution in [0, 0.1) is 0 Å². The molecule has 4 aromatic heterocycles. The molecule has 1 amide bonds. The molecule has 0 aliphatic carbocycles. The van der Waals surface area contributed by atoms with Gasteiger partial charge in [-0.1, -0.05) is 35.6 Å². The number of hydrogen-bond donors (Lipinski definition) is 1. The number of hydrogen-bond acceptors (Lipinski definition) is 7. The van der Waals surface area contributed by atoms with E-state index in [0.717, 1.165) is 10.6 Å². The fourth-order valence-electron chi connectivity index (χ4n) is 2.62. The van der Waals surface area contributed by atoms with Crippen molar-refractivity contribution >= 4 is 38.7 Å². The predicted molar refractivity (Wildman–Crippen MR) is 103 cm³/mol. The molecule has 0 saturated heterocycles. The molecule has 5 rings (SSSR count). The van der Waals surface area contributed by atoms with Gasteiger partial charge in [0.2, 0.25) is 10.1 Å². The van der Waals surface area contributed by atoms with Gasteiger partial charge in [-0.15, -0.1) is 26.6 Å². The number of nitrogens with one attached hydrogen (secondary N) is 1. The molecule has 8 nitrogen and oxygen atoms in total. The van der Waals surface area contributed by atoms with Crippen LogP contribution in [-0.4, -0.2) is 35.5 Å². The van der Waals surface area contributed by atoms with Crippen molar-refractivity contribution in [3.05, 3.63) is 65.9 Å². The van der Waals surface area contributed by atoms with E-state index in [4.69, 9.17) is 0 Å². The number of para-hydroxylation sites is 1. The van der Waals surface area contributed by atoms with Crippen molar-refractivity contribution in [2.75, 3.05) is 5.32 Å². The molecule has 132 valence electrons. The van der Waals surface area contributed by atoms with Gasteiger partial charge in [-0.05, 0) is 23.6 Å². The minimum absolute atomic E-state index is 0.273. The summed E-state index contributed by atoms with van der Waals surface area (Å²) in [5.41, 5.74) is 2.00. The van der Waals surface area contributed by atoms with Gasteiger partial charge >= 0.3 is 0 Å². The first kappa shape index (κ1) is 15.9. The molecule has 0 saturated carbocycles. The van der Waals surface area contributed by atoms with Gasteiger partial charge in [-0.25, -0.2) is 4.68 Å². The summed E-state index contributed by atoms with van der Waals surface area (Å²) in [7, 11) is 0. The summed E-state index contributed by atoms with van der Waals surface area (Å²) in [6.07, 6.45) is 3.23. The molecule has 0 spiro atoms. The van der Waals surface area contributed by atoms with E-state index in [1.807, 2.05) is 47.8 Å². The lowest BCUT2D eigenvalue weighted by molar-refractivity contribution is 0.102. The Morgan fingerprint density at radius 2 is 1.96 bits per heavy atom. The van der Waals surface area contributed by atoms with Gasteiger partial charge in [0.1, 0.15) is 12.0 Å². The van der Waals surface area contributed by atoms with E-state index in [2.05, 4.69) is 25.7 Å². The second-order valence-corrected chi connectivity index (χ2v) is 7.47. The standard InChI is InChI=1S/C17H11N7OS2/c25-15(19-16-22-24-10-18-20-17(24)27-16)12-9-23(11-5-2-1-3-6-11)21-14(12)13-7-4-8-26-13/h1-10H,(H,19,22,25). The molecule has 1 N–H and O–H groups in total. The molecule has 27 heavy (non-hydrogen) atoms. The fourth-order valence-corrected chi connectivity index (χ4v) is 4.06. The Balaban J connectivity index is 1.54. The van der Waals surface area contributed by atoms with Crippen LogP contribution >= 0.6 is 22.7 Å². The van der Waals surface area contributed by atoms with Crippen molar-refractivity contribution < 1.29 is 4.79 Å². The lowest BCUT2D eigenvalue weighted by atomic mass is 10.2. The van der Waals surface area contributed by atoms with Crippen LogP contribution in [0.5, 0.6) is 0 Å². The smallest absolute Gasteiger partial charge is 0.261 e.